The topological polar surface area (TPSA) is 66.8 Å². The van der Waals surface area contributed by atoms with Crippen LogP contribution in [0, 0.1) is 0 Å². The third kappa shape index (κ3) is 7.72. The molecule has 0 bridgehead atoms. The second kappa shape index (κ2) is 12.8. The third-order valence-corrected chi connectivity index (χ3v) is 5.98. The minimum absolute atomic E-state index is 0.0451. The molecule has 3 aromatic rings. The Hall–Kier alpha value is -3.58. The van der Waals surface area contributed by atoms with Gasteiger partial charge in [-0.25, -0.2) is 4.79 Å². The molecule has 0 aliphatic carbocycles. The van der Waals surface area contributed by atoms with Gasteiger partial charge in [0.2, 0.25) is 5.91 Å². The van der Waals surface area contributed by atoms with Crippen LogP contribution < -0.4 is 5.32 Å². The number of nitrogens with zero attached hydrogens (tertiary/aromatic N) is 3. The normalized spacial score (nSPS) is 10.9. The van der Waals surface area contributed by atoms with Gasteiger partial charge in [0, 0.05) is 44.8 Å². The van der Waals surface area contributed by atoms with Gasteiger partial charge in [-0.3, -0.25) is 4.79 Å². The first-order valence-corrected chi connectivity index (χ1v) is 11.9. The van der Waals surface area contributed by atoms with E-state index in [1.807, 2.05) is 84.5 Å². The predicted octanol–water partition coefficient (Wildman–Crippen LogP) is 4.86. The lowest BCUT2D eigenvalue weighted by molar-refractivity contribution is -0.133. The number of anilines is 1. The maximum atomic E-state index is 13.5. The van der Waals surface area contributed by atoms with Crippen LogP contribution in [0.25, 0.3) is 0 Å². The van der Waals surface area contributed by atoms with E-state index in [0.717, 1.165) is 11.3 Å². The predicted molar refractivity (Wildman–Crippen MR) is 139 cm³/mol. The third-order valence-electron chi connectivity index (χ3n) is 5.98. The lowest BCUT2D eigenvalue weighted by Gasteiger charge is -2.28. The summed E-state index contributed by atoms with van der Waals surface area (Å²) in [5.74, 6) is 0.284. The summed E-state index contributed by atoms with van der Waals surface area (Å²) in [5, 5.41) is 2.92. The molecule has 0 fully saturated rings. The Bertz CT molecular complexity index is 1080. The molecule has 186 valence electrons. The van der Waals surface area contributed by atoms with Crippen LogP contribution in [0.1, 0.15) is 36.6 Å². The van der Waals surface area contributed by atoms with Crippen molar-refractivity contribution in [3.63, 3.8) is 0 Å². The number of carbonyl (C=O) groups excluding carboxylic acids is 2. The van der Waals surface area contributed by atoms with E-state index in [1.54, 1.807) is 12.0 Å². The van der Waals surface area contributed by atoms with E-state index < -0.39 is 0 Å². The minimum Gasteiger partial charge on any atom is -0.383 e. The number of carbonyl (C=O) groups is 2. The van der Waals surface area contributed by atoms with Gasteiger partial charge in [0.05, 0.1) is 13.2 Å². The van der Waals surface area contributed by atoms with Gasteiger partial charge >= 0.3 is 6.03 Å². The van der Waals surface area contributed by atoms with Gasteiger partial charge in [0.1, 0.15) is 6.54 Å². The number of nitrogens with one attached hydrogen (secondary N) is 1. The summed E-state index contributed by atoms with van der Waals surface area (Å²) in [5.41, 5.74) is 3.95. The Labute approximate surface area is 208 Å². The number of amides is 3. The highest BCUT2D eigenvalue weighted by atomic mass is 16.5. The maximum absolute atomic E-state index is 13.5. The highest BCUT2D eigenvalue weighted by Gasteiger charge is 2.22. The monoisotopic (exact) mass is 476 g/mol. The van der Waals surface area contributed by atoms with E-state index in [4.69, 9.17) is 4.74 Å². The molecule has 1 N–H and O–H groups in total. The second-order valence-electron chi connectivity index (χ2n) is 8.97. The van der Waals surface area contributed by atoms with E-state index in [0.29, 0.717) is 37.8 Å². The number of ether oxygens (including phenoxy) is 1. The fourth-order valence-corrected chi connectivity index (χ4v) is 3.76. The van der Waals surface area contributed by atoms with Crippen LogP contribution in [0.4, 0.5) is 10.5 Å². The second-order valence-corrected chi connectivity index (χ2v) is 8.97. The Morgan fingerprint density at radius 3 is 2.26 bits per heavy atom. The van der Waals surface area contributed by atoms with Gasteiger partial charge in [-0.05, 0) is 41.3 Å². The van der Waals surface area contributed by atoms with Crippen molar-refractivity contribution in [2.75, 3.05) is 32.1 Å². The summed E-state index contributed by atoms with van der Waals surface area (Å²) in [6.07, 6.45) is 1.96. The lowest BCUT2D eigenvalue weighted by Crippen LogP contribution is -2.45. The summed E-state index contributed by atoms with van der Waals surface area (Å²) in [6.45, 7) is 5.76. The van der Waals surface area contributed by atoms with E-state index in [2.05, 4.69) is 19.2 Å². The van der Waals surface area contributed by atoms with Crippen LogP contribution in [0.3, 0.4) is 0 Å². The molecule has 1 aromatic heterocycles. The summed E-state index contributed by atoms with van der Waals surface area (Å²) in [7, 11) is 3.54. The van der Waals surface area contributed by atoms with E-state index >= 15 is 0 Å². The summed E-state index contributed by atoms with van der Waals surface area (Å²) >= 11 is 0. The maximum Gasteiger partial charge on any atom is 0.322 e. The fourth-order valence-electron chi connectivity index (χ4n) is 3.76. The quantitative estimate of drug-likeness (QED) is 0.430. The van der Waals surface area contributed by atoms with Crippen LogP contribution in [0.5, 0.6) is 0 Å². The number of aryl methyl sites for hydroxylation is 1. The molecule has 0 saturated carbocycles. The molecule has 35 heavy (non-hydrogen) atoms. The molecule has 0 unspecified atom stereocenters. The van der Waals surface area contributed by atoms with Crippen molar-refractivity contribution in [3.8, 4) is 0 Å². The van der Waals surface area contributed by atoms with Gasteiger partial charge < -0.3 is 24.4 Å². The van der Waals surface area contributed by atoms with Crippen LogP contribution in [0.2, 0.25) is 0 Å². The number of urea groups is 1. The highest BCUT2D eigenvalue weighted by Crippen LogP contribution is 2.18. The first-order valence-electron chi connectivity index (χ1n) is 11.9. The van der Waals surface area contributed by atoms with Gasteiger partial charge in [-0.2, -0.15) is 0 Å². The number of hydrogen-bond donors (Lipinski definition) is 1. The molecule has 7 nitrogen and oxygen atoms in total. The van der Waals surface area contributed by atoms with Crippen molar-refractivity contribution in [3.05, 3.63) is 89.7 Å². The van der Waals surface area contributed by atoms with E-state index in [-0.39, 0.29) is 18.5 Å². The molecule has 3 amide bonds. The van der Waals surface area contributed by atoms with Crippen LogP contribution >= 0.6 is 0 Å². The number of rotatable bonds is 11. The molecule has 7 heteroatoms. The van der Waals surface area contributed by atoms with Crippen LogP contribution in [-0.2, 0) is 29.7 Å². The summed E-state index contributed by atoms with van der Waals surface area (Å²) in [6, 6.07) is 21.3. The van der Waals surface area contributed by atoms with Crippen LogP contribution in [-0.4, -0.2) is 53.1 Å². The number of hydrogen-bond acceptors (Lipinski definition) is 3. The molecule has 0 saturated heterocycles. The lowest BCUT2D eigenvalue weighted by atomic mass is 10.0. The highest BCUT2D eigenvalue weighted by molar-refractivity contribution is 5.92. The molecule has 0 spiro atoms. The van der Waals surface area contributed by atoms with Crippen molar-refractivity contribution in [1.82, 2.24) is 14.4 Å². The zero-order valence-corrected chi connectivity index (χ0v) is 21.1. The van der Waals surface area contributed by atoms with Crippen molar-refractivity contribution in [1.29, 1.82) is 0 Å². The van der Waals surface area contributed by atoms with Crippen LogP contribution in [0.15, 0.2) is 72.9 Å². The average Bonchev–Trinajstić information content (AvgIpc) is 3.26. The summed E-state index contributed by atoms with van der Waals surface area (Å²) in [4.78, 5) is 29.9. The molecule has 0 aliphatic rings. The Morgan fingerprint density at radius 1 is 0.943 bits per heavy atom. The Kier molecular flexibility index (Phi) is 9.49. The van der Waals surface area contributed by atoms with Crippen molar-refractivity contribution in [2.45, 2.75) is 32.9 Å². The molecular weight excluding hydrogens is 440 g/mol. The van der Waals surface area contributed by atoms with E-state index in [9.17, 15) is 9.59 Å². The number of methoxy groups -OCH3 is 1. The SMILES string of the molecule is COCCN(CC(=O)N(Cc1ccccc1)Cc1cccn1C)C(=O)Nc1ccc(C(C)C)cc1. The molecule has 3 rings (SSSR count). The number of benzene rings is 2. The van der Waals surface area contributed by atoms with Crippen molar-refractivity contribution >= 4 is 17.6 Å². The van der Waals surface area contributed by atoms with Gasteiger partial charge in [0.15, 0.2) is 0 Å². The zero-order valence-electron chi connectivity index (χ0n) is 21.1. The zero-order chi connectivity index (χ0) is 25.2. The Balaban J connectivity index is 1.74. The molecule has 0 aliphatic heterocycles. The summed E-state index contributed by atoms with van der Waals surface area (Å²) < 4.78 is 7.21. The first kappa shape index (κ1) is 26.0. The molecule has 1 heterocycles. The van der Waals surface area contributed by atoms with Crippen molar-refractivity contribution < 1.29 is 14.3 Å². The molecule has 0 radical (unpaired) electrons. The Morgan fingerprint density at radius 2 is 1.66 bits per heavy atom. The van der Waals surface area contributed by atoms with Gasteiger partial charge in [-0.15, -0.1) is 0 Å². The molecule has 0 atom stereocenters. The van der Waals surface area contributed by atoms with Gasteiger partial charge in [0.25, 0.3) is 0 Å². The average molecular weight is 477 g/mol. The minimum atomic E-state index is -0.328. The number of aromatic nitrogens is 1. The molecule has 2 aromatic carbocycles. The van der Waals surface area contributed by atoms with Crippen molar-refractivity contribution in [2.24, 2.45) is 7.05 Å². The first-order chi connectivity index (χ1) is 16.9. The fraction of sp³-hybridized carbons (Fsp3) is 0.357. The van der Waals surface area contributed by atoms with Gasteiger partial charge in [-0.1, -0.05) is 56.3 Å². The smallest absolute Gasteiger partial charge is 0.322 e. The largest absolute Gasteiger partial charge is 0.383 e. The van der Waals surface area contributed by atoms with E-state index in [1.165, 1.54) is 10.5 Å². The standard InChI is InChI=1S/C28H36N4O3/c1-22(2)24-12-14-25(15-13-24)29-28(34)31(17-18-35-4)21-27(33)32(19-23-9-6-5-7-10-23)20-26-11-8-16-30(26)3/h5-16,22H,17-21H2,1-4H3,(H,29,34). The molecular formula is C28H36N4O3.